The summed E-state index contributed by atoms with van der Waals surface area (Å²) in [7, 11) is 0. The number of hydrogen-bond acceptors (Lipinski definition) is 4. The molecule has 3 nitrogen and oxygen atoms in total. The largest absolute Gasteiger partial charge is 0.376 e. The molecule has 0 saturated carbocycles. The van der Waals surface area contributed by atoms with Gasteiger partial charge in [0.15, 0.2) is 0 Å². The second-order valence-corrected chi connectivity index (χ2v) is 10.6. The molecule has 1 unspecified atom stereocenters. The third kappa shape index (κ3) is 6.33. The molecule has 5 rings (SSSR count). The van der Waals surface area contributed by atoms with Crippen LogP contribution < -0.4 is 0 Å². The van der Waals surface area contributed by atoms with Crippen LogP contribution in [0, 0.1) is 11.8 Å². The third-order valence-electron chi connectivity index (χ3n) is 7.40. The van der Waals surface area contributed by atoms with Gasteiger partial charge in [0.2, 0.25) is 0 Å². The topological polar surface area (TPSA) is 15.7 Å². The molecular weight excluding hydrogens is 424 g/mol. The average Bonchev–Trinajstić information content (AvgIpc) is 3.52. The molecule has 3 heterocycles. The van der Waals surface area contributed by atoms with Crippen LogP contribution in [-0.4, -0.2) is 49.1 Å². The van der Waals surface area contributed by atoms with E-state index in [0.717, 1.165) is 19.8 Å². The fourth-order valence-electron chi connectivity index (χ4n) is 5.56. The second-order valence-electron chi connectivity index (χ2n) is 9.85. The van der Waals surface area contributed by atoms with Crippen LogP contribution in [0.2, 0.25) is 0 Å². The van der Waals surface area contributed by atoms with Crippen LogP contribution in [0.4, 0.5) is 0 Å². The predicted molar refractivity (Wildman–Crippen MR) is 138 cm³/mol. The summed E-state index contributed by atoms with van der Waals surface area (Å²) in [6.07, 6.45) is 2.52. The normalized spacial score (nSPS) is 22.7. The van der Waals surface area contributed by atoms with Crippen molar-refractivity contribution in [3.8, 4) is 0 Å². The maximum Gasteiger partial charge on any atom is 0.0717 e. The molecule has 2 fully saturated rings. The van der Waals surface area contributed by atoms with Gasteiger partial charge in [-0.1, -0.05) is 60.7 Å². The Morgan fingerprint density at radius 3 is 2.24 bits per heavy atom. The molecule has 2 aliphatic heterocycles. The Labute approximate surface area is 203 Å². The van der Waals surface area contributed by atoms with E-state index in [4.69, 9.17) is 4.74 Å². The van der Waals surface area contributed by atoms with Gasteiger partial charge in [-0.05, 0) is 71.3 Å². The van der Waals surface area contributed by atoms with Crippen LogP contribution in [0.25, 0.3) is 0 Å². The molecule has 0 aliphatic carbocycles. The van der Waals surface area contributed by atoms with Crippen LogP contribution in [0.3, 0.4) is 0 Å². The summed E-state index contributed by atoms with van der Waals surface area (Å²) in [5.41, 5.74) is 4.25. The molecule has 2 saturated heterocycles. The van der Waals surface area contributed by atoms with Crippen molar-refractivity contribution in [3.63, 3.8) is 0 Å². The van der Waals surface area contributed by atoms with E-state index in [2.05, 4.69) is 87.3 Å². The Morgan fingerprint density at radius 2 is 1.55 bits per heavy atom. The number of benzene rings is 2. The summed E-state index contributed by atoms with van der Waals surface area (Å²) in [5, 5.41) is 4.62. The van der Waals surface area contributed by atoms with Crippen molar-refractivity contribution in [1.29, 1.82) is 0 Å². The number of ether oxygens (including phenoxy) is 1. The Kier molecular flexibility index (Phi) is 7.90. The highest BCUT2D eigenvalue weighted by molar-refractivity contribution is 7.08. The van der Waals surface area contributed by atoms with Gasteiger partial charge in [-0.3, -0.25) is 4.90 Å². The summed E-state index contributed by atoms with van der Waals surface area (Å²) >= 11 is 1.84. The molecule has 2 aromatic carbocycles. The molecule has 0 radical (unpaired) electrons. The third-order valence-corrected chi connectivity index (χ3v) is 8.10. The van der Waals surface area contributed by atoms with Crippen LogP contribution >= 0.6 is 11.3 Å². The van der Waals surface area contributed by atoms with Crippen molar-refractivity contribution in [2.24, 2.45) is 11.8 Å². The maximum absolute atomic E-state index is 6.04. The lowest BCUT2D eigenvalue weighted by atomic mass is 9.89. The van der Waals surface area contributed by atoms with Gasteiger partial charge in [-0.25, -0.2) is 0 Å². The van der Waals surface area contributed by atoms with Crippen molar-refractivity contribution >= 4 is 11.3 Å². The lowest BCUT2D eigenvalue weighted by Crippen LogP contribution is -2.39. The molecule has 2 aliphatic rings. The Morgan fingerprint density at radius 1 is 0.818 bits per heavy atom. The lowest BCUT2D eigenvalue weighted by molar-refractivity contribution is 0.0542. The lowest BCUT2D eigenvalue weighted by Gasteiger charge is -2.34. The first-order chi connectivity index (χ1) is 16.3. The molecule has 33 heavy (non-hydrogen) atoms. The van der Waals surface area contributed by atoms with E-state index in [1.54, 1.807) is 5.56 Å². The molecule has 4 heteroatoms. The van der Waals surface area contributed by atoms with Crippen molar-refractivity contribution in [2.75, 3.05) is 39.3 Å². The molecule has 0 N–H and O–H groups in total. The average molecular weight is 461 g/mol. The van der Waals surface area contributed by atoms with Gasteiger partial charge in [0.25, 0.3) is 0 Å². The van der Waals surface area contributed by atoms with E-state index in [1.807, 2.05) is 11.3 Å². The van der Waals surface area contributed by atoms with Crippen LogP contribution in [0.5, 0.6) is 0 Å². The fraction of sp³-hybridized carbons (Fsp3) is 0.448. The Hall–Kier alpha value is -1.98. The van der Waals surface area contributed by atoms with Gasteiger partial charge < -0.3 is 9.64 Å². The summed E-state index contributed by atoms with van der Waals surface area (Å²) in [6.45, 7) is 8.74. The molecule has 0 spiro atoms. The fourth-order valence-corrected chi connectivity index (χ4v) is 6.29. The highest BCUT2D eigenvalue weighted by Gasteiger charge is 2.35. The van der Waals surface area contributed by atoms with E-state index in [0.29, 0.717) is 17.8 Å². The van der Waals surface area contributed by atoms with Gasteiger partial charge in [0.1, 0.15) is 0 Å². The molecule has 0 amide bonds. The summed E-state index contributed by atoms with van der Waals surface area (Å²) in [6, 6.07) is 23.8. The van der Waals surface area contributed by atoms with E-state index >= 15 is 0 Å². The number of rotatable bonds is 9. The first-order valence-corrected chi connectivity index (χ1v) is 13.4. The molecule has 2 atom stereocenters. The molecule has 0 bridgehead atoms. The smallest absolute Gasteiger partial charge is 0.0717 e. The number of hydrogen-bond donors (Lipinski definition) is 0. The summed E-state index contributed by atoms with van der Waals surface area (Å²) in [4.78, 5) is 5.40. The highest BCUT2D eigenvalue weighted by atomic mass is 32.1. The first kappa shape index (κ1) is 22.8. The minimum Gasteiger partial charge on any atom is -0.376 e. The molecule has 3 aromatic rings. The van der Waals surface area contributed by atoms with Crippen LogP contribution in [0.1, 0.15) is 35.4 Å². The standard InChI is InChI=1S/C29H36N2OS/c1-3-7-24(8-4-1)17-31-19-28(29(20-31)27-13-16-33-23-27)18-30-14-11-26(12-15-30)22-32-21-25-9-5-2-6-10-25/h1-10,13,16,23,26,28-29H,11-12,14-15,17-22H2/t28-,29?/m1/s1. The van der Waals surface area contributed by atoms with Gasteiger partial charge in [-0.15, -0.1) is 0 Å². The number of likely N-dealkylation sites (tertiary alicyclic amines) is 2. The first-order valence-electron chi connectivity index (χ1n) is 12.5. The summed E-state index contributed by atoms with van der Waals surface area (Å²) < 4.78 is 6.04. The van der Waals surface area contributed by atoms with Crippen molar-refractivity contribution in [2.45, 2.75) is 31.9 Å². The highest BCUT2D eigenvalue weighted by Crippen LogP contribution is 2.35. The number of nitrogens with zero attached hydrogens (tertiary/aromatic N) is 2. The molecule has 174 valence electrons. The molecular formula is C29H36N2OS. The van der Waals surface area contributed by atoms with Crippen molar-refractivity contribution in [3.05, 3.63) is 94.2 Å². The quantitative estimate of drug-likeness (QED) is 0.396. The monoisotopic (exact) mass is 460 g/mol. The van der Waals surface area contributed by atoms with E-state index < -0.39 is 0 Å². The van der Waals surface area contributed by atoms with Crippen LogP contribution in [-0.2, 0) is 17.9 Å². The van der Waals surface area contributed by atoms with E-state index in [9.17, 15) is 0 Å². The zero-order chi connectivity index (χ0) is 22.3. The van der Waals surface area contributed by atoms with Gasteiger partial charge in [0, 0.05) is 38.7 Å². The minimum absolute atomic E-state index is 0.659. The maximum atomic E-state index is 6.04. The second kappa shape index (κ2) is 11.4. The number of thiophene rings is 1. The zero-order valence-electron chi connectivity index (χ0n) is 19.5. The number of piperidine rings is 1. The minimum atomic E-state index is 0.659. The van der Waals surface area contributed by atoms with Crippen molar-refractivity contribution < 1.29 is 4.74 Å². The van der Waals surface area contributed by atoms with E-state index in [-0.39, 0.29) is 0 Å². The zero-order valence-corrected chi connectivity index (χ0v) is 20.3. The Balaban J connectivity index is 1.11. The predicted octanol–water partition coefficient (Wildman–Crippen LogP) is 5.89. The van der Waals surface area contributed by atoms with E-state index in [1.165, 1.54) is 56.7 Å². The summed E-state index contributed by atoms with van der Waals surface area (Å²) in [5.74, 6) is 2.08. The molecule has 1 aromatic heterocycles. The van der Waals surface area contributed by atoms with Crippen LogP contribution in [0.15, 0.2) is 77.5 Å². The SMILES string of the molecule is c1ccc(COCC2CCN(C[C@@H]3CN(Cc4ccccc4)CC3c3ccsc3)CC2)cc1. The van der Waals surface area contributed by atoms with Gasteiger partial charge in [0.05, 0.1) is 6.61 Å². The van der Waals surface area contributed by atoms with Gasteiger partial charge in [-0.2, -0.15) is 11.3 Å². The van der Waals surface area contributed by atoms with Gasteiger partial charge >= 0.3 is 0 Å². The van der Waals surface area contributed by atoms with Crippen molar-refractivity contribution in [1.82, 2.24) is 9.80 Å². The Bertz CT molecular complexity index is 938.